The smallest absolute Gasteiger partial charge is 0.0540 e. The van der Waals surface area contributed by atoms with Crippen LogP contribution in [0.5, 0.6) is 0 Å². The van der Waals surface area contributed by atoms with Gasteiger partial charge in [-0.15, -0.1) is 0 Å². The molecule has 0 saturated heterocycles. The Morgan fingerprint density at radius 2 is 0.814 bits per heavy atom. The fourth-order valence-electron chi connectivity index (χ4n) is 9.68. The summed E-state index contributed by atoms with van der Waals surface area (Å²) in [7, 11) is 0. The maximum absolute atomic E-state index is 2.46. The third-order valence-electron chi connectivity index (χ3n) is 12.6. The highest BCUT2D eigenvalue weighted by Crippen LogP contribution is 2.56. The van der Waals surface area contributed by atoms with Crippen LogP contribution in [0.1, 0.15) is 23.6 Å². The molecular weight excluding hydrogens is 711 g/mol. The van der Waals surface area contributed by atoms with Crippen molar-refractivity contribution in [1.29, 1.82) is 0 Å². The molecule has 59 heavy (non-hydrogen) atoms. The van der Waals surface area contributed by atoms with Crippen molar-refractivity contribution in [3.63, 3.8) is 0 Å². The molecule has 11 rings (SSSR count). The Hall–Kier alpha value is -7.48. The van der Waals surface area contributed by atoms with Crippen LogP contribution in [0.15, 0.2) is 231 Å². The summed E-state index contributed by atoms with van der Waals surface area (Å²) >= 11 is 0. The van der Waals surface area contributed by atoms with E-state index in [1.165, 1.54) is 82.7 Å². The van der Waals surface area contributed by atoms with Gasteiger partial charge in [0.2, 0.25) is 0 Å². The third-order valence-corrected chi connectivity index (χ3v) is 12.6. The highest BCUT2D eigenvalue weighted by molar-refractivity contribution is 6.04. The first-order valence-electron chi connectivity index (χ1n) is 20.5. The first-order valence-corrected chi connectivity index (χ1v) is 20.5. The van der Waals surface area contributed by atoms with E-state index in [0.29, 0.717) is 0 Å². The van der Waals surface area contributed by atoms with Crippen LogP contribution < -0.4 is 4.90 Å². The van der Waals surface area contributed by atoms with Crippen LogP contribution in [0, 0.1) is 0 Å². The Kier molecular flexibility index (Phi) is 8.34. The maximum Gasteiger partial charge on any atom is 0.0540 e. The van der Waals surface area contributed by atoms with Crippen molar-refractivity contribution in [2.75, 3.05) is 4.90 Å². The van der Waals surface area contributed by atoms with Crippen LogP contribution in [0.2, 0.25) is 0 Å². The number of benzene rings is 10. The van der Waals surface area contributed by atoms with Gasteiger partial charge in [0.25, 0.3) is 0 Å². The normalized spacial score (nSPS) is 14.3. The molecule has 0 N–H and O–H groups in total. The highest BCUT2D eigenvalue weighted by Gasteiger charge is 2.42. The summed E-state index contributed by atoms with van der Waals surface area (Å²) < 4.78 is 0. The average Bonchev–Trinajstić information content (AvgIpc) is 3.58. The number of para-hydroxylation sites is 1. The number of hydrogen-bond donors (Lipinski definition) is 0. The van der Waals surface area contributed by atoms with E-state index < -0.39 is 0 Å². The summed E-state index contributed by atoms with van der Waals surface area (Å²) in [6, 6.07) is 84.5. The van der Waals surface area contributed by atoms with Gasteiger partial charge in [0.05, 0.1) is 11.4 Å². The monoisotopic (exact) mass is 751 g/mol. The minimum atomic E-state index is -0.281. The van der Waals surface area contributed by atoms with Crippen molar-refractivity contribution in [3.05, 3.63) is 247 Å². The molecule has 0 fully saturated rings. The van der Waals surface area contributed by atoms with Gasteiger partial charge in [0, 0.05) is 22.1 Å². The van der Waals surface area contributed by atoms with Gasteiger partial charge in [-0.2, -0.15) is 0 Å². The van der Waals surface area contributed by atoms with E-state index in [9.17, 15) is 0 Å². The number of nitrogens with zero attached hydrogens (tertiary/aromatic N) is 1. The topological polar surface area (TPSA) is 3.24 Å². The Morgan fingerprint density at radius 3 is 1.59 bits per heavy atom. The SMILES string of the molecule is CC1(c2ccccc2)c2ccccc2-c2c(-c3ccccc3N(c3ccc(-c4ccc(-c5cccc6ccccc56)cc4)cc3)c3cccc4ccccc34)cccc21. The van der Waals surface area contributed by atoms with Crippen molar-refractivity contribution in [2.24, 2.45) is 0 Å². The molecule has 0 saturated carbocycles. The second-order valence-electron chi connectivity index (χ2n) is 15.8. The summed E-state index contributed by atoms with van der Waals surface area (Å²) in [6.45, 7) is 2.39. The third kappa shape index (κ3) is 5.69. The number of fused-ring (bicyclic) bond motifs is 5. The summed E-state index contributed by atoms with van der Waals surface area (Å²) in [5.74, 6) is 0. The molecule has 10 aromatic rings. The zero-order valence-electron chi connectivity index (χ0n) is 32.9. The summed E-state index contributed by atoms with van der Waals surface area (Å²) in [5.41, 5.74) is 17.0. The zero-order chi connectivity index (χ0) is 39.3. The second kappa shape index (κ2) is 14.2. The largest absolute Gasteiger partial charge is 0.309 e. The molecule has 1 aliphatic carbocycles. The molecule has 0 spiro atoms. The Morgan fingerprint density at radius 1 is 0.322 bits per heavy atom. The predicted octanol–water partition coefficient (Wildman–Crippen LogP) is 15.8. The van der Waals surface area contributed by atoms with Crippen LogP contribution >= 0.6 is 0 Å². The van der Waals surface area contributed by atoms with Crippen molar-refractivity contribution >= 4 is 38.6 Å². The van der Waals surface area contributed by atoms with E-state index >= 15 is 0 Å². The zero-order valence-corrected chi connectivity index (χ0v) is 32.9. The molecule has 0 bridgehead atoms. The number of hydrogen-bond acceptors (Lipinski definition) is 1. The lowest BCUT2D eigenvalue weighted by molar-refractivity contribution is 0.714. The molecule has 10 aromatic carbocycles. The van der Waals surface area contributed by atoms with Gasteiger partial charge in [0.15, 0.2) is 0 Å². The Balaban J connectivity index is 1.05. The molecule has 1 heteroatoms. The fraction of sp³-hybridized carbons (Fsp3) is 0.0345. The van der Waals surface area contributed by atoms with Gasteiger partial charge >= 0.3 is 0 Å². The van der Waals surface area contributed by atoms with Gasteiger partial charge in [-0.1, -0.05) is 206 Å². The lowest BCUT2D eigenvalue weighted by Crippen LogP contribution is -2.22. The standard InChI is InChI=1S/C58H41N/c1-58(45-20-3-2-4-21-45)53-28-11-9-25-52(53)57-51(27-15-29-54(57)58)50-24-10-12-30-56(50)59(55-31-14-19-43-17-6-8-23-49(43)55)46-38-36-41(37-39-46)40-32-34-44(35-33-40)48-26-13-18-42-16-5-7-22-47(42)48/h2-39H,1H3. The van der Waals surface area contributed by atoms with Crippen LogP contribution in [0.25, 0.3) is 66.1 Å². The molecule has 1 unspecified atom stereocenters. The molecule has 1 nitrogen and oxygen atoms in total. The minimum absolute atomic E-state index is 0.281. The quantitative estimate of drug-likeness (QED) is 0.157. The maximum atomic E-state index is 2.46. The fourth-order valence-corrected chi connectivity index (χ4v) is 9.68. The predicted molar refractivity (Wildman–Crippen MR) is 250 cm³/mol. The van der Waals surface area contributed by atoms with Crippen LogP contribution in [0.4, 0.5) is 17.1 Å². The molecular formula is C58H41N. The summed E-state index contributed by atoms with van der Waals surface area (Å²) in [6.07, 6.45) is 0. The second-order valence-corrected chi connectivity index (χ2v) is 15.8. The van der Waals surface area contributed by atoms with Gasteiger partial charge in [-0.25, -0.2) is 0 Å². The molecule has 0 heterocycles. The van der Waals surface area contributed by atoms with Crippen molar-refractivity contribution in [2.45, 2.75) is 12.3 Å². The molecule has 278 valence electrons. The minimum Gasteiger partial charge on any atom is -0.309 e. The lowest BCUT2D eigenvalue weighted by atomic mass is 9.74. The van der Waals surface area contributed by atoms with Crippen molar-refractivity contribution in [1.82, 2.24) is 0 Å². The Labute approximate surface area is 346 Å². The number of rotatable bonds is 7. The van der Waals surface area contributed by atoms with Gasteiger partial charge < -0.3 is 4.90 Å². The summed E-state index contributed by atoms with van der Waals surface area (Å²) in [4.78, 5) is 2.46. The molecule has 0 radical (unpaired) electrons. The first-order chi connectivity index (χ1) is 29.2. The number of anilines is 3. The van der Waals surface area contributed by atoms with Gasteiger partial charge in [-0.3, -0.25) is 0 Å². The lowest BCUT2D eigenvalue weighted by Gasteiger charge is -2.30. The van der Waals surface area contributed by atoms with Crippen LogP contribution in [-0.4, -0.2) is 0 Å². The summed E-state index contributed by atoms with van der Waals surface area (Å²) in [5, 5.41) is 4.95. The van der Waals surface area contributed by atoms with E-state index in [2.05, 4.69) is 242 Å². The Bertz CT molecular complexity index is 3150. The van der Waals surface area contributed by atoms with E-state index in [1.54, 1.807) is 0 Å². The first kappa shape index (κ1) is 34.7. The van der Waals surface area contributed by atoms with Crippen LogP contribution in [0.3, 0.4) is 0 Å². The van der Waals surface area contributed by atoms with Crippen LogP contribution in [-0.2, 0) is 5.41 Å². The molecule has 1 atom stereocenters. The molecule has 0 aliphatic heterocycles. The van der Waals surface area contributed by atoms with E-state index in [1.807, 2.05) is 0 Å². The molecule has 1 aliphatic rings. The van der Waals surface area contributed by atoms with Crippen molar-refractivity contribution < 1.29 is 0 Å². The van der Waals surface area contributed by atoms with E-state index in [0.717, 1.165) is 17.1 Å². The highest BCUT2D eigenvalue weighted by atomic mass is 15.1. The van der Waals surface area contributed by atoms with Gasteiger partial charge in [-0.05, 0) is 103 Å². The molecule has 0 amide bonds. The van der Waals surface area contributed by atoms with Crippen molar-refractivity contribution in [3.8, 4) is 44.5 Å². The van der Waals surface area contributed by atoms with E-state index in [-0.39, 0.29) is 5.41 Å². The van der Waals surface area contributed by atoms with E-state index in [4.69, 9.17) is 0 Å². The van der Waals surface area contributed by atoms with Gasteiger partial charge in [0.1, 0.15) is 0 Å². The molecule has 0 aromatic heterocycles. The average molecular weight is 752 g/mol.